The van der Waals surface area contributed by atoms with Crippen molar-refractivity contribution in [3.8, 4) is 0 Å². The molecule has 8 N–H and O–H groups in total. The van der Waals surface area contributed by atoms with Crippen LogP contribution < -0.4 is 5.32 Å². The second-order valence-corrected chi connectivity index (χ2v) is 14.6. The Hall–Kier alpha value is -1.54. The van der Waals surface area contributed by atoms with Crippen molar-refractivity contribution < 1.29 is 73.8 Å². The monoisotopic (exact) mass is 719 g/mol. The summed E-state index contributed by atoms with van der Waals surface area (Å²) < 4.78 is 35.9. The van der Waals surface area contributed by atoms with Crippen molar-refractivity contribution in [1.29, 1.82) is 0 Å². The highest BCUT2D eigenvalue weighted by molar-refractivity contribution is 5.78. The summed E-state index contributed by atoms with van der Waals surface area (Å²) in [7, 11) is 0. The molecular formula is C34H57NO15. The van der Waals surface area contributed by atoms with E-state index in [4.69, 9.17) is 28.4 Å². The predicted octanol–water partition coefficient (Wildman–Crippen LogP) is -0.682. The van der Waals surface area contributed by atoms with Crippen LogP contribution in [0, 0.1) is 11.8 Å². The first-order valence-electron chi connectivity index (χ1n) is 18.4. The molecule has 16 heteroatoms. The fraction of sp³-hybridized carbons (Fsp3) is 0.941. The van der Waals surface area contributed by atoms with Crippen LogP contribution >= 0.6 is 0 Å². The zero-order valence-electron chi connectivity index (χ0n) is 28.7. The van der Waals surface area contributed by atoms with Gasteiger partial charge in [-0.05, 0) is 38.5 Å². The molecule has 0 aromatic heterocycles. The van der Waals surface area contributed by atoms with Gasteiger partial charge in [0.05, 0.1) is 18.8 Å². The summed E-state index contributed by atoms with van der Waals surface area (Å²) in [5, 5.41) is 76.9. The van der Waals surface area contributed by atoms with Crippen molar-refractivity contribution in [2.24, 2.45) is 11.8 Å². The summed E-state index contributed by atoms with van der Waals surface area (Å²) in [6, 6.07) is 0. The van der Waals surface area contributed by atoms with Crippen molar-refractivity contribution in [1.82, 2.24) is 5.32 Å². The van der Waals surface area contributed by atoms with Crippen molar-refractivity contribution in [2.45, 2.75) is 170 Å². The van der Waals surface area contributed by atoms with Gasteiger partial charge >= 0.3 is 5.97 Å². The minimum absolute atomic E-state index is 0.00264. The lowest BCUT2D eigenvalue weighted by molar-refractivity contribution is -0.355. The normalized spacial score (nSPS) is 41.4. The molecule has 0 radical (unpaired) electrons. The molecule has 288 valence electrons. The van der Waals surface area contributed by atoms with Crippen LogP contribution in [0.4, 0.5) is 0 Å². The number of aliphatic hydroxyl groups excluding tert-OH is 6. The SMILES string of the molecule is CC1OC(OC2C(CNC(=O)C3CCCCC3)OCCC2OC2OC(CO)C(O)C(OC(CC3CCCCC3)C(=O)O)C2O)C(O)C(O)C1O. The van der Waals surface area contributed by atoms with Crippen LogP contribution in [-0.2, 0) is 38.0 Å². The molecule has 3 aliphatic heterocycles. The Morgan fingerprint density at radius 2 is 1.42 bits per heavy atom. The molecule has 5 aliphatic rings. The molecule has 2 saturated carbocycles. The smallest absolute Gasteiger partial charge is 0.332 e. The molecule has 3 saturated heterocycles. The Kier molecular flexibility index (Phi) is 14.7. The number of ether oxygens (including phenoxy) is 6. The van der Waals surface area contributed by atoms with E-state index in [1.54, 1.807) is 0 Å². The number of nitrogens with one attached hydrogen (secondary N) is 1. The Labute approximate surface area is 292 Å². The third kappa shape index (κ3) is 9.71. The van der Waals surface area contributed by atoms with Gasteiger partial charge in [-0.25, -0.2) is 4.79 Å². The molecule has 5 rings (SSSR count). The molecule has 3 heterocycles. The molecule has 14 atom stereocenters. The van der Waals surface area contributed by atoms with Gasteiger partial charge in [0.25, 0.3) is 0 Å². The molecule has 1 amide bonds. The highest BCUT2D eigenvalue weighted by atomic mass is 16.7. The summed E-state index contributed by atoms with van der Waals surface area (Å²) >= 11 is 0. The van der Waals surface area contributed by atoms with Gasteiger partial charge in [-0.2, -0.15) is 0 Å². The minimum atomic E-state index is -1.69. The summed E-state index contributed by atoms with van der Waals surface area (Å²) in [6.45, 7) is 0.965. The third-order valence-corrected chi connectivity index (χ3v) is 11.0. The number of carboxylic acid groups (broad SMARTS) is 1. The molecule has 0 bridgehead atoms. The van der Waals surface area contributed by atoms with Gasteiger partial charge in [0.1, 0.15) is 54.9 Å². The number of carbonyl (C=O) groups excluding carboxylic acids is 1. The first-order valence-corrected chi connectivity index (χ1v) is 18.4. The van der Waals surface area contributed by atoms with Crippen molar-refractivity contribution in [2.75, 3.05) is 19.8 Å². The van der Waals surface area contributed by atoms with Gasteiger partial charge < -0.3 is 69.5 Å². The predicted molar refractivity (Wildman–Crippen MR) is 171 cm³/mol. The van der Waals surface area contributed by atoms with Gasteiger partial charge in [-0.3, -0.25) is 4.79 Å². The maximum atomic E-state index is 13.0. The van der Waals surface area contributed by atoms with E-state index in [-0.39, 0.29) is 43.7 Å². The number of hydrogen-bond donors (Lipinski definition) is 8. The zero-order valence-corrected chi connectivity index (χ0v) is 28.7. The number of aliphatic hydroxyl groups is 6. The number of amides is 1. The van der Waals surface area contributed by atoms with E-state index in [1.807, 2.05) is 0 Å². The average molecular weight is 720 g/mol. The van der Waals surface area contributed by atoms with Gasteiger partial charge in [0, 0.05) is 19.1 Å². The molecular weight excluding hydrogens is 662 g/mol. The average Bonchev–Trinajstić information content (AvgIpc) is 3.12. The third-order valence-electron chi connectivity index (χ3n) is 11.0. The van der Waals surface area contributed by atoms with Crippen molar-refractivity contribution >= 4 is 11.9 Å². The second-order valence-electron chi connectivity index (χ2n) is 14.6. The number of carbonyl (C=O) groups is 2. The molecule has 0 spiro atoms. The lowest BCUT2D eigenvalue weighted by Crippen LogP contribution is -2.64. The molecule has 14 unspecified atom stereocenters. The fourth-order valence-electron chi connectivity index (χ4n) is 7.95. The number of carboxylic acids is 1. The van der Waals surface area contributed by atoms with Gasteiger partial charge in [-0.15, -0.1) is 0 Å². The molecule has 2 aliphatic carbocycles. The summed E-state index contributed by atoms with van der Waals surface area (Å²) in [5.74, 6) is -1.36. The standard InChI is InChI=1S/C34H57NO15/c1-17-24(37)26(39)27(40)33(46-17)50-29-20(12-13-45-22(29)15-35-31(42)19-10-6-3-7-11-19)48-34-28(41)30(25(38)23(16-36)49-34)47-21(32(43)44)14-18-8-4-2-5-9-18/h17-30,33-34,36-41H,2-16H2,1H3,(H,35,42)(H,43,44). The quantitative estimate of drug-likeness (QED) is 0.118. The first kappa shape index (κ1) is 39.7. The largest absolute Gasteiger partial charge is 0.479 e. The topological polar surface area (TPSA) is 243 Å². The van der Waals surface area contributed by atoms with Crippen LogP contribution in [0.5, 0.6) is 0 Å². The maximum Gasteiger partial charge on any atom is 0.332 e. The Bertz CT molecular complexity index is 1070. The number of rotatable bonds is 13. The van der Waals surface area contributed by atoms with Crippen LogP contribution in [0.1, 0.15) is 84.0 Å². The zero-order chi connectivity index (χ0) is 35.9. The maximum absolute atomic E-state index is 13.0. The van der Waals surface area contributed by atoms with Gasteiger partial charge in [0.2, 0.25) is 5.91 Å². The van der Waals surface area contributed by atoms with Crippen LogP contribution in [0.15, 0.2) is 0 Å². The van der Waals surface area contributed by atoms with Crippen molar-refractivity contribution in [3.05, 3.63) is 0 Å². The highest BCUT2D eigenvalue weighted by Gasteiger charge is 2.51. The second kappa shape index (κ2) is 18.5. The summed E-state index contributed by atoms with van der Waals surface area (Å²) in [4.78, 5) is 25.3. The van der Waals surface area contributed by atoms with E-state index < -0.39 is 98.4 Å². The van der Waals surface area contributed by atoms with E-state index in [2.05, 4.69) is 5.32 Å². The molecule has 16 nitrogen and oxygen atoms in total. The molecule has 50 heavy (non-hydrogen) atoms. The van der Waals surface area contributed by atoms with E-state index in [0.29, 0.717) is 0 Å². The van der Waals surface area contributed by atoms with Crippen LogP contribution in [0.25, 0.3) is 0 Å². The van der Waals surface area contributed by atoms with E-state index >= 15 is 0 Å². The first-order chi connectivity index (χ1) is 24.0. The Morgan fingerprint density at radius 3 is 2.08 bits per heavy atom. The molecule has 0 aromatic carbocycles. The van der Waals surface area contributed by atoms with E-state index in [0.717, 1.165) is 64.2 Å². The molecule has 0 aromatic rings. The van der Waals surface area contributed by atoms with Crippen LogP contribution in [-0.4, -0.2) is 153 Å². The van der Waals surface area contributed by atoms with E-state index in [1.165, 1.54) is 6.92 Å². The number of hydrogen-bond acceptors (Lipinski definition) is 14. The van der Waals surface area contributed by atoms with Gasteiger partial charge in [-0.1, -0.05) is 51.4 Å². The van der Waals surface area contributed by atoms with E-state index in [9.17, 15) is 45.3 Å². The van der Waals surface area contributed by atoms with Crippen molar-refractivity contribution in [3.63, 3.8) is 0 Å². The Balaban J connectivity index is 1.33. The number of aliphatic carboxylic acids is 1. The Morgan fingerprint density at radius 1 is 0.760 bits per heavy atom. The fourth-order valence-corrected chi connectivity index (χ4v) is 7.95. The van der Waals surface area contributed by atoms with Gasteiger partial charge in [0.15, 0.2) is 18.7 Å². The molecule has 5 fully saturated rings. The lowest BCUT2D eigenvalue weighted by Gasteiger charge is -2.47. The summed E-state index contributed by atoms with van der Waals surface area (Å²) in [6.07, 6.45) is -9.00. The van der Waals surface area contributed by atoms with Crippen LogP contribution in [0.3, 0.4) is 0 Å². The highest BCUT2D eigenvalue weighted by Crippen LogP contribution is 2.34. The van der Waals surface area contributed by atoms with Crippen LogP contribution in [0.2, 0.25) is 0 Å². The minimum Gasteiger partial charge on any atom is -0.479 e. The summed E-state index contributed by atoms with van der Waals surface area (Å²) in [5.41, 5.74) is 0. The lowest BCUT2D eigenvalue weighted by atomic mass is 9.85.